The highest BCUT2D eigenvalue weighted by Gasteiger charge is 2.37. The summed E-state index contributed by atoms with van der Waals surface area (Å²) in [6, 6.07) is 7.94. The number of Topliss-reactive ketones (excluding diaryl/α,β-unsaturated/α-hetero) is 1. The van der Waals surface area contributed by atoms with Crippen LogP contribution in [0.25, 0.3) is 0 Å². The lowest BCUT2D eigenvalue weighted by Gasteiger charge is -2.39. The molecule has 1 aromatic rings. The fourth-order valence-corrected chi connectivity index (χ4v) is 3.98. The van der Waals surface area contributed by atoms with Gasteiger partial charge in [0.15, 0.2) is 5.78 Å². The average Bonchev–Trinajstić information content (AvgIpc) is 2.90. The summed E-state index contributed by atoms with van der Waals surface area (Å²) in [6.45, 7) is 4.84. The molecule has 1 aliphatic heterocycles. The molecular weight excluding hydrogens is 246 g/mol. The van der Waals surface area contributed by atoms with E-state index in [1.807, 2.05) is 31.2 Å². The minimum Gasteiger partial charge on any atom is -0.296 e. The first kappa shape index (κ1) is 13.8. The molecule has 1 aromatic carbocycles. The number of aryl methyl sites for hydroxylation is 1. The average molecular weight is 271 g/mol. The zero-order chi connectivity index (χ0) is 14.0. The Morgan fingerprint density at radius 1 is 1.10 bits per heavy atom. The number of rotatable bonds is 3. The van der Waals surface area contributed by atoms with Crippen LogP contribution in [0, 0.1) is 12.3 Å². The van der Waals surface area contributed by atoms with Gasteiger partial charge in [-0.2, -0.15) is 0 Å². The van der Waals surface area contributed by atoms with Crippen molar-refractivity contribution >= 4 is 5.78 Å². The SMILES string of the molecule is Cc1ccccc1C(=O)CN1CCC2(CCCC2)CC1. The van der Waals surface area contributed by atoms with E-state index in [2.05, 4.69) is 4.90 Å². The van der Waals surface area contributed by atoms with Gasteiger partial charge in [0, 0.05) is 5.56 Å². The number of carbonyl (C=O) groups is 1. The van der Waals surface area contributed by atoms with Crippen molar-refractivity contribution in [3.05, 3.63) is 35.4 Å². The summed E-state index contributed by atoms with van der Waals surface area (Å²) in [5, 5.41) is 0. The second-order valence-electron chi connectivity index (χ2n) is 6.72. The summed E-state index contributed by atoms with van der Waals surface area (Å²) >= 11 is 0. The van der Waals surface area contributed by atoms with Crippen LogP contribution in [0.15, 0.2) is 24.3 Å². The minimum absolute atomic E-state index is 0.283. The monoisotopic (exact) mass is 271 g/mol. The molecule has 0 aromatic heterocycles. The molecule has 0 bridgehead atoms. The molecular formula is C18H25NO. The van der Waals surface area contributed by atoms with Crippen molar-refractivity contribution in [2.24, 2.45) is 5.41 Å². The number of benzene rings is 1. The van der Waals surface area contributed by atoms with Gasteiger partial charge in [-0.15, -0.1) is 0 Å². The van der Waals surface area contributed by atoms with Gasteiger partial charge >= 0.3 is 0 Å². The van der Waals surface area contributed by atoms with E-state index in [1.165, 1.54) is 38.5 Å². The topological polar surface area (TPSA) is 20.3 Å². The standard InChI is InChI=1S/C18H25NO/c1-15-6-2-3-7-16(15)17(20)14-19-12-10-18(11-13-19)8-4-5-9-18/h2-3,6-7H,4-5,8-14H2,1H3. The molecule has 108 valence electrons. The van der Waals surface area contributed by atoms with Gasteiger partial charge in [-0.25, -0.2) is 0 Å². The third-order valence-electron chi connectivity index (χ3n) is 5.39. The number of ketones is 1. The highest BCUT2D eigenvalue weighted by atomic mass is 16.1. The second kappa shape index (κ2) is 5.69. The number of carbonyl (C=O) groups excluding carboxylic acids is 1. The van der Waals surface area contributed by atoms with Crippen molar-refractivity contribution in [2.75, 3.05) is 19.6 Å². The van der Waals surface area contributed by atoms with E-state index in [4.69, 9.17) is 0 Å². The lowest BCUT2D eigenvalue weighted by Crippen LogP contribution is -2.41. The molecule has 2 nitrogen and oxygen atoms in total. The normalized spacial score (nSPS) is 22.2. The van der Waals surface area contributed by atoms with E-state index in [1.54, 1.807) is 0 Å². The molecule has 0 unspecified atom stereocenters. The number of hydrogen-bond donors (Lipinski definition) is 0. The van der Waals surface area contributed by atoms with Crippen LogP contribution in [0.1, 0.15) is 54.4 Å². The van der Waals surface area contributed by atoms with E-state index >= 15 is 0 Å². The molecule has 1 heterocycles. The third-order valence-corrected chi connectivity index (χ3v) is 5.39. The summed E-state index contributed by atoms with van der Waals surface area (Å²) in [7, 11) is 0. The second-order valence-corrected chi connectivity index (χ2v) is 6.72. The van der Waals surface area contributed by atoms with Crippen molar-refractivity contribution in [1.82, 2.24) is 4.90 Å². The van der Waals surface area contributed by atoms with E-state index in [0.717, 1.165) is 24.2 Å². The van der Waals surface area contributed by atoms with Crippen molar-refractivity contribution in [1.29, 1.82) is 0 Å². The van der Waals surface area contributed by atoms with Crippen LogP contribution in [0.3, 0.4) is 0 Å². The van der Waals surface area contributed by atoms with Crippen LogP contribution in [0.5, 0.6) is 0 Å². The predicted octanol–water partition coefficient (Wildman–Crippen LogP) is 3.83. The zero-order valence-electron chi connectivity index (χ0n) is 12.5. The minimum atomic E-state index is 0.283. The first-order valence-electron chi connectivity index (χ1n) is 8.00. The van der Waals surface area contributed by atoms with Crippen LogP contribution in [-0.2, 0) is 0 Å². The molecule has 2 fully saturated rings. The van der Waals surface area contributed by atoms with Crippen molar-refractivity contribution in [3.8, 4) is 0 Å². The summed E-state index contributed by atoms with van der Waals surface area (Å²) in [5.74, 6) is 0.283. The van der Waals surface area contributed by atoms with Gasteiger partial charge in [0.2, 0.25) is 0 Å². The van der Waals surface area contributed by atoms with Crippen molar-refractivity contribution in [2.45, 2.75) is 45.4 Å². The van der Waals surface area contributed by atoms with Gasteiger partial charge in [-0.1, -0.05) is 37.1 Å². The Morgan fingerprint density at radius 2 is 1.75 bits per heavy atom. The molecule has 1 aliphatic carbocycles. The molecule has 0 amide bonds. The van der Waals surface area contributed by atoms with Crippen molar-refractivity contribution in [3.63, 3.8) is 0 Å². The molecule has 0 N–H and O–H groups in total. The molecule has 0 atom stereocenters. The summed E-state index contributed by atoms with van der Waals surface area (Å²) in [6.07, 6.45) is 8.28. The summed E-state index contributed by atoms with van der Waals surface area (Å²) in [4.78, 5) is 14.8. The predicted molar refractivity (Wildman–Crippen MR) is 82.1 cm³/mol. The van der Waals surface area contributed by atoms with Gasteiger partial charge in [0.05, 0.1) is 6.54 Å². The molecule has 1 spiro atoms. The van der Waals surface area contributed by atoms with Crippen LogP contribution >= 0.6 is 0 Å². The Morgan fingerprint density at radius 3 is 2.40 bits per heavy atom. The van der Waals surface area contributed by atoms with Crippen LogP contribution in [0.2, 0.25) is 0 Å². The van der Waals surface area contributed by atoms with Gasteiger partial charge in [-0.3, -0.25) is 9.69 Å². The quantitative estimate of drug-likeness (QED) is 0.779. The maximum atomic E-state index is 12.4. The first-order valence-corrected chi connectivity index (χ1v) is 8.00. The summed E-state index contributed by atoms with van der Waals surface area (Å²) in [5.41, 5.74) is 2.64. The lowest BCUT2D eigenvalue weighted by atomic mass is 9.77. The Balaban J connectivity index is 1.57. The lowest BCUT2D eigenvalue weighted by molar-refractivity contribution is 0.0797. The van der Waals surface area contributed by atoms with Gasteiger partial charge < -0.3 is 0 Å². The highest BCUT2D eigenvalue weighted by molar-refractivity contribution is 5.98. The van der Waals surface area contributed by atoms with Gasteiger partial charge in [-0.05, 0) is 56.7 Å². The van der Waals surface area contributed by atoms with Crippen LogP contribution in [0.4, 0.5) is 0 Å². The summed E-state index contributed by atoms with van der Waals surface area (Å²) < 4.78 is 0. The Kier molecular flexibility index (Phi) is 3.93. The molecule has 1 saturated carbocycles. The van der Waals surface area contributed by atoms with E-state index in [0.29, 0.717) is 12.0 Å². The molecule has 0 radical (unpaired) electrons. The number of hydrogen-bond acceptors (Lipinski definition) is 2. The maximum Gasteiger partial charge on any atom is 0.177 e. The van der Waals surface area contributed by atoms with Gasteiger partial charge in [0.25, 0.3) is 0 Å². The number of piperidine rings is 1. The smallest absolute Gasteiger partial charge is 0.177 e. The fraction of sp³-hybridized carbons (Fsp3) is 0.611. The Labute approximate surface area is 122 Å². The van der Waals surface area contributed by atoms with Crippen molar-refractivity contribution < 1.29 is 4.79 Å². The van der Waals surface area contributed by atoms with Gasteiger partial charge in [0.1, 0.15) is 0 Å². The van der Waals surface area contributed by atoms with E-state index in [9.17, 15) is 4.79 Å². The maximum absolute atomic E-state index is 12.4. The molecule has 3 rings (SSSR count). The number of likely N-dealkylation sites (tertiary alicyclic amines) is 1. The van der Waals surface area contributed by atoms with Crippen LogP contribution in [-0.4, -0.2) is 30.3 Å². The molecule has 1 saturated heterocycles. The fourth-order valence-electron chi connectivity index (χ4n) is 3.98. The van der Waals surface area contributed by atoms with E-state index in [-0.39, 0.29) is 5.78 Å². The third kappa shape index (κ3) is 2.80. The Bertz CT molecular complexity index is 478. The highest BCUT2D eigenvalue weighted by Crippen LogP contribution is 2.46. The molecule has 20 heavy (non-hydrogen) atoms. The molecule has 2 heteroatoms. The molecule has 2 aliphatic rings. The van der Waals surface area contributed by atoms with Crippen LogP contribution < -0.4 is 0 Å². The van der Waals surface area contributed by atoms with E-state index < -0.39 is 0 Å². The largest absolute Gasteiger partial charge is 0.296 e. The Hall–Kier alpha value is -1.15. The zero-order valence-corrected chi connectivity index (χ0v) is 12.5. The first-order chi connectivity index (χ1) is 9.69. The number of nitrogens with zero attached hydrogens (tertiary/aromatic N) is 1.